The summed E-state index contributed by atoms with van der Waals surface area (Å²) in [4.78, 5) is 2.43. The molecule has 0 unspecified atom stereocenters. The van der Waals surface area contributed by atoms with Crippen molar-refractivity contribution < 1.29 is 4.74 Å². The lowest BCUT2D eigenvalue weighted by Crippen LogP contribution is -2.33. The van der Waals surface area contributed by atoms with Crippen LogP contribution in [0.15, 0.2) is 22.7 Å². The van der Waals surface area contributed by atoms with Crippen LogP contribution in [0.4, 0.5) is 0 Å². The predicted molar refractivity (Wildman–Crippen MR) is 74.8 cm³/mol. The summed E-state index contributed by atoms with van der Waals surface area (Å²) < 4.78 is 6.49. The maximum atomic E-state index is 6.11. The third-order valence-corrected chi connectivity index (χ3v) is 4.08. The van der Waals surface area contributed by atoms with Crippen LogP contribution in [-0.2, 0) is 6.54 Å². The molecule has 0 N–H and O–H groups in total. The number of piperidine rings is 1. The smallest absolute Gasteiger partial charge is 0.123 e. The second-order valence-corrected chi connectivity index (χ2v) is 5.94. The monoisotopic (exact) mass is 317 g/mol. The van der Waals surface area contributed by atoms with Crippen molar-refractivity contribution in [3.05, 3.63) is 28.2 Å². The van der Waals surface area contributed by atoms with Crippen molar-refractivity contribution in [2.45, 2.75) is 24.8 Å². The third kappa shape index (κ3) is 3.60. The van der Waals surface area contributed by atoms with Crippen molar-refractivity contribution in [3.8, 4) is 5.75 Å². The zero-order chi connectivity index (χ0) is 12.3. The summed E-state index contributed by atoms with van der Waals surface area (Å²) in [6.07, 6.45) is 2.16. The molecule has 0 aromatic heterocycles. The third-order valence-electron chi connectivity index (χ3n) is 3.15. The first-order valence-corrected chi connectivity index (χ1v) is 7.11. The molecule has 1 aromatic rings. The van der Waals surface area contributed by atoms with Gasteiger partial charge in [0.2, 0.25) is 0 Å². The molecule has 4 heteroatoms. The average molecular weight is 319 g/mol. The summed E-state index contributed by atoms with van der Waals surface area (Å²) in [5, 5.41) is 0.357. The van der Waals surface area contributed by atoms with Gasteiger partial charge >= 0.3 is 0 Å². The van der Waals surface area contributed by atoms with E-state index in [1.807, 2.05) is 12.1 Å². The quantitative estimate of drug-likeness (QED) is 0.789. The summed E-state index contributed by atoms with van der Waals surface area (Å²) in [6.45, 7) is 3.08. The van der Waals surface area contributed by atoms with E-state index in [0.717, 1.165) is 42.7 Å². The lowest BCUT2D eigenvalue weighted by molar-refractivity contribution is 0.220. The molecule has 1 aliphatic rings. The molecule has 94 valence electrons. The van der Waals surface area contributed by atoms with Gasteiger partial charge in [-0.1, -0.05) is 15.9 Å². The first kappa shape index (κ1) is 13.2. The molecule has 0 radical (unpaired) electrons. The largest absolute Gasteiger partial charge is 0.496 e. The maximum Gasteiger partial charge on any atom is 0.123 e. The minimum absolute atomic E-state index is 0.357. The molecule has 0 bridgehead atoms. The van der Waals surface area contributed by atoms with E-state index in [0.29, 0.717) is 5.38 Å². The molecule has 0 atom stereocenters. The number of benzene rings is 1. The summed E-state index contributed by atoms with van der Waals surface area (Å²) in [6, 6.07) is 6.15. The summed E-state index contributed by atoms with van der Waals surface area (Å²) >= 11 is 9.61. The van der Waals surface area contributed by atoms with E-state index in [1.54, 1.807) is 7.11 Å². The Bertz CT molecular complexity index is 378. The molecule has 2 nitrogen and oxygen atoms in total. The van der Waals surface area contributed by atoms with E-state index < -0.39 is 0 Å². The Morgan fingerprint density at radius 2 is 2.12 bits per heavy atom. The number of alkyl halides is 1. The Morgan fingerprint density at radius 3 is 2.76 bits per heavy atom. The molecule has 1 fully saturated rings. The van der Waals surface area contributed by atoms with E-state index in [4.69, 9.17) is 16.3 Å². The first-order chi connectivity index (χ1) is 8.19. The standard InChI is InChI=1S/C13H17BrClNO/c1-17-13-3-2-11(14)8-10(13)9-16-6-4-12(15)5-7-16/h2-3,8,12H,4-7,9H2,1H3. The molecular weight excluding hydrogens is 302 g/mol. The lowest BCUT2D eigenvalue weighted by Gasteiger charge is -2.29. The highest BCUT2D eigenvalue weighted by Gasteiger charge is 2.18. The van der Waals surface area contributed by atoms with Crippen LogP contribution in [-0.4, -0.2) is 30.5 Å². The SMILES string of the molecule is COc1ccc(Br)cc1CN1CCC(Cl)CC1. The highest BCUT2D eigenvalue weighted by atomic mass is 79.9. The van der Waals surface area contributed by atoms with Crippen LogP contribution in [0.3, 0.4) is 0 Å². The van der Waals surface area contributed by atoms with E-state index in [-0.39, 0.29) is 0 Å². The van der Waals surface area contributed by atoms with E-state index in [9.17, 15) is 0 Å². The number of hydrogen-bond acceptors (Lipinski definition) is 2. The zero-order valence-electron chi connectivity index (χ0n) is 9.96. The van der Waals surface area contributed by atoms with E-state index >= 15 is 0 Å². The Hall–Kier alpha value is -0.250. The molecule has 0 amide bonds. The molecule has 17 heavy (non-hydrogen) atoms. The van der Waals surface area contributed by atoms with Gasteiger partial charge in [0.15, 0.2) is 0 Å². The summed E-state index contributed by atoms with van der Waals surface area (Å²) in [5.41, 5.74) is 1.23. The highest BCUT2D eigenvalue weighted by Crippen LogP contribution is 2.26. The molecule has 0 aliphatic carbocycles. The fourth-order valence-electron chi connectivity index (χ4n) is 2.17. The molecule has 2 rings (SSSR count). The van der Waals surface area contributed by atoms with Crippen molar-refractivity contribution in [1.82, 2.24) is 4.90 Å². The normalized spacial score (nSPS) is 18.3. The zero-order valence-corrected chi connectivity index (χ0v) is 12.3. The van der Waals surface area contributed by atoms with Crippen molar-refractivity contribution in [1.29, 1.82) is 0 Å². The average Bonchev–Trinajstić information content (AvgIpc) is 2.32. The Balaban J connectivity index is 2.04. The highest BCUT2D eigenvalue weighted by molar-refractivity contribution is 9.10. The van der Waals surface area contributed by atoms with Gasteiger partial charge in [-0.2, -0.15) is 0 Å². The summed E-state index contributed by atoms with van der Waals surface area (Å²) in [5.74, 6) is 0.959. The topological polar surface area (TPSA) is 12.5 Å². The van der Waals surface area contributed by atoms with Gasteiger partial charge in [-0.05, 0) is 44.1 Å². The van der Waals surface area contributed by atoms with Crippen LogP contribution < -0.4 is 4.74 Å². The summed E-state index contributed by atoms with van der Waals surface area (Å²) in [7, 11) is 1.72. The number of likely N-dealkylation sites (tertiary alicyclic amines) is 1. The van der Waals surface area contributed by atoms with Crippen LogP contribution in [0.2, 0.25) is 0 Å². The van der Waals surface area contributed by atoms with E-state index in [1.165, 1.54) is 5.56 Å². The molecule has 0 saturated carbocycles. The second-order valence-electron chi connectivity index (χ2n) is 4.41. The Labute approximate surface area is 116 Å². The second kappa shape index (κ2) is 6.07. The maximum absolute atomic E-state index is 6.11. The van der Waals surface area contributed by atoms with Gasteiger partial charge in [0.05, 0.1) is 7.11 Å². The molecular formula is C13H17BrClNO. The molecule has 0 spiro atoms. The fraction of sp³-hybridized carbons (Fsp3) is 0.538. The van der Waals surface area contributed by atoms with Crippen LogP contribution in [0.25, 0.3) is 0 Å². The number of methoxy groups -OCH3 is 1. The number of ether oxygens (including phenoxy) is 1. The number of halogens is 2. The van der Waals surface area contributed by atoms with Gasteiger partial charge < -0.3 is 4.74 Å². The number of hydrogen-bond donors (Lipinski definition) is 0. The molecule has 1 saturated heterocycles. The van der Waals surface area contributed by atoms with Crippen LogP contribution in [0.5, 0.6) is 5.75 Å². The van der Waals surface area contributed by atoms with Gasteiger partial charge in [-0.15, -0.1) is 11.6 Å². The predicted octanol–water partition coefficient (Wildman–Crippen LogP) is 3.66. The van der Waals surface area contributed by atoms with Crippen molar-refractivity contribution in [2.24, 2.45) is 0 Å². The molecule has 1 aromatic carbocycles. The van der Waals surface area contributed by atoms with Gasteiger partial charge in [0, 0.05) is 22.0 Å². The van der Waals surface area contributed by atoms with Gasteiger partial charge in [0.1, 0.15) is 5.75 Å². The van der Waals surface area contributed by atoms with Crippen LogP contribution in [0.1, 0.15) is 18.4 Å². The van der Waals surface area contributed by atoms with Gasteiger partial charge in [-0.3, -0.25) is 4.90 Å². The van der Waals surface area contributed by atoms with Gasteiger partial charge in [0.25, 0.3) is 0 Å². The van der Waals surface area contributed by atoms with E-state index in [2.05, 4.69) is 26.9 Å². The molecule has 1 heterocycles. The first-order valence-electron chi connectivity index (χ1n) is 5.88. The van der Waals surface area contributed by atoms with Crippen LogP contribution in [0, 0.1) is 0 Å². The van der Waals surface area contributed by atoms with Crippen molar-refractivity contribution >= 4 is 27.5 Å². The number of rotatable bonds is 3. The Morgan fingerprint density at radius 1 is 1.41 bits per heavy atom. The molecule has 1 aliphatic heterocycles. The minimum atomic E-state index is 0.357. The lowest BCUT2D eigenvalue weighted by atomic mass is 10.1. The fourth-order valence-corrected chi connectivity index (χ4v) is 2.77. The van der Waals surface area contributed by atoms with Crippen LogP contribution >= 0.6 is 27.5 Å². The van der Waals surface area contributed by atoms with Crippen molar-refractivity contribution in [3.63, 3.8) is 0 Å². The van der Waals surface area contributed by atoms with Crippen molar-refractivity contribution in [2.75, 3.05) is 20.2 Å². The Kier molecular flexibility index (Phi) is 4.71. The van der Waals surface area contributed by atoms with Gasteiger partial charge in [-0.25, -0.2) is 0 Å². The minimum Gasteiger partial charge on any atom is -0.496 e. The number of nitrogens with zero attached hydrogens (tertiary/aromatic N) is 1.